The molecule has 0 aliphatic rings. The molecule has 0 bridgehead atoms. The van der Waals surface area contributed by atoms with E-state index in [2.05, 4.69) is 9.40 Å². The standard InChI is InChI=1S/C9H3ClF3NO3/c10-5-2-3(9(11,12)13)1-4-6(5)14-8(16)17-7(4)15/h1-2H,(H,14,16). The van der Waals surface area contributed by atoms with Crippen LogP contribution in [0.15, 0.2) is 26.1 Å². The maximum Gasteiger partial charge on any atom is 0.419 e. The minimum absolute atomic E-state index is 0.180. The molecule has 0 saturated heterocycles. The number of rotatable bonds is 0. The molecule has 90 valence electrons. The van der Waals surface area contributed by atoms with Crippen LogP contribution in [0.1, 0.15) is 5.56 Å². The van der Waals surface area contributed by atoms with Crippen LogP contribution in [0.4, 0.5) is 13.2 Å². The van der Waals surface area contributed by atoms with Crippen LogP contribution in [0.5, 0.6) is 0 Å². The van der Waals surface area contributed by atoms with Crippen LogP contribution in [0, 0.1) is 0 Å². The summed E-state index contributed by atoms with van der Waals surface area (Å²) in [6.45, 7) is 0. The van der Waals surface area contributed by atoms with Gasteiger partial charge >= 0.3 is 17.6 Å². The van der Waals surface area contributed by atoms with Gasteiger partial charge in [-0.15, -0.1) is 0 Å². The Kier molecular flexibility index (Phi) is 2.50. The second-order valence-electron chi connectivity index (χ2n) is 3.18. The first-order chi connectivity index (χ1) is 7.79. The number of aromatic amines is 1. The van der Waals surface area contributed by atoms with Crippen molar-refractivity contribution in [3.05, 3.63) is 43.7 Å². The molecule has 1 N–H and O–H groups in total. The molecule has 0 spiro atoms. The molecule has 0 saturated carbocycles. The normalized spacial score (nSPS) is 12.0. The maximum absolute atomic E-state index is 12.4. The summed E-state index contributed by atoms with van der Waals surface area (Å²) < 4.78 is 41.5. The van der Waals surface area contributed by atoms with Crippen LogP contribution in [0.2, 0.25) is 5.02 Å². The van der Waals surface area contributed by atoms with E-state index in [1.165, 1.54) is 0 Å². The minimum Gasteiger partial charge on any atom is -0.372 e. The zero-order valence-corrected chi connectivity index (χ0v) is 8.65. The van der Waals surface area contributed by atoms with Crippen LogP contribution < -0.4 is 11.4 Å². The molecule has 0 unspecified atom stereocenters. The van der Waals surface area contributed by atoms with Gasteiger partial charge in [-0.3, -0.25) is 4.98 Å². The Bertz CT molecular complexity index is 701. The van der Waals surface area contributed by atoms with Crippen molar-refractivity contribution in [1.82, 2.24) is 4.98 Å². The van der Waals surface area contributed by atoms with Crippen LogP contribution in [0.3, 0.4) is 0 Å². The number of hydrogen-bond acceptors (Lipinski definition) is 3. The molecule has 1 aromatic heterocycles. The summed E-state index contributed by atoms with van der Waals surface area (Å²) in [6, 6.07) is 1.20. The van der Waals surface area contributed by atoms with E-state index in [1.54, 1.807) is 0 Å². The third-order valence-electron chi connectivity index (χ3n) is 2.05. The van der Waals surface area contributed by atoms with Crippen LogP contribution >= 0.6 is 11.6 Å². The van der Waals surface area contributed by atoms with Gasteiger partial charge in [0.1, 0.15) is 0 Å². The van der Waals surface area contributed by atoms with Crippen molar-refractivity contribution in [3.63, 3.8) is 0 Å². The Hall–Kier alpha value is -1.76. The molecule has 0 amide bonds. The Morgan fingerprint density at radius 2 is 1.88 bits per heavy atom. The summed E-state index contributed by atoms with van der Waals surface area (Å²) >= 11 is 5.56. The van der Waals surface area contributed by atoms with E-state index in [0.29, 0.717) is 12.1 Å². The summed E-state index contributed by atoms with van der Waals surface area (Å²) in [6.07, 6.45) is -4.64. The molecule has 8 heteroatoms. The number of H-pyrrole nitrogens is 1. The van der Waals surface area contributed by atoms with Crippen molar-refractivity contribution in [1.29, 1.82) is 0 Å². The zero-order valence-electron chi connectivity index (χ0n) is 7.89. The lowest BCUT2D eigenvalue weighted by atomic mass is 10.1. The fraction of sp³-hybridized carbons (Fsp3) is 0.111. The highest BCUT2D eigenvalue weighted by Crippen LogP contribution is 2.33. The highest BCUT2D eigenvalue weighted by atomic mass is 35.5. The third kappa shape index (κ3) is 2.05. The van der Waals surface area contributed by atoms with Gasteiger partial charge in [0.15, 0.2) is 0 Å². The van der Waals surface area contributed by atoms with E-state index in [4.69, 9.17) is 11.6 Å². The predicted molar refractivity (Wildman–Crippen MR) is 53.1 cm³/mol. The number of hydrogen-bond donors (Lipinski definition) is 1. The molecule has 1 aromatic carbocycles. The van der Waals surface area contributed by atoms with Gasteiger partial charge < -0.3 is 4.42 Å². The van der Waals surface area contributed by atoms with Crippen LogP contribution in [0.25, 0.3) is 10.9 Å². The minimum atomic E-state index is -4.64. The largest absolute Gasteiger partial charge is 0.419 e. The van der Waals surface area contributed by atoms with Gasteiger partial charge in [0.25, 0.3) is 0 Å². The SMILES string of the molecule is O=c1[nH]c2c(Cl)cc(C(F)(F)F)cc2c(=O)o1. The zero-order chi connectivity index (χ0) is 12.8. The Balaban J connectivity index is 2.92. The fourth-order valence-corrected chi connectivity index (χ4v) is 1.59. The van der Waals surface area contributed by atoms with Gasteiger partial charge in [-0.05, 0) is 12.1 Å². The highest BCUT2D eigenvalue weighted by molar-refractivity contribution is 6.35. The first-order valence-corrected chi connectivity index (χ1v) is 4.61. The number of halogens is 4. The van der Waals surface area contributed by atoms with Crippen molar-refractivity contribution >= 4 is 22.5 Å². The molecule has 2 rings (SSSR count). The van der Waals surface area contributed by atoms with Crippen LogP contribution in [-0.4, -0.2) is 4.98 Å². The summed E-state index contributed by atoms with van der Waals surface area (Å²) in [5, 5.41) is -0.802. The number of fused-ring (bicyclic) bond motifs is 1. The highest BCUT2D eigenvalue weighted by Gasteiger charge is 2.31. The molecule has 0 aliphatic heterocycles. The average Bonchev–Trinajstić information content (AvgIpc) is 2.17. The van der Waals surface area contributed by atoms with Crippen molar-refractivity contribution < 1.29 is 17.6 Å². The number of benzene rings is 1. The van der Waals surface area contributed by atoms with Crippen LogP contribution in [-0.2, 0) is 6.18 Å². The van der Waals surface area contributed by atoms with Crippen molar-refractivity contribution in [3.8, 4) is 0 Å². The quantitative estimate of drug-likeness (QED) is 0.794. The van der Waals surface area contributed by atoms with E-state index >= 15 is 0 Å². The van der Waals surface area contributed by atoms with E-state index in [-0.39, 0.29) is 10.5 Å². The second kappa shape index (κ2) is 3.63. The molecule has 1 heterocycles. The lowest BCUT2D eigenvalue weighted by Crippen LogP contribution is -2.16. The van der Waals surface area contributed by atoms with Gasteiger partial charge in [-0.1, -0.05) is 11.6 Å². The molecule has 0 aliphatic carbocycles. The molecule has 0 atom stereocenters. The Morgan fingerprint density at radius 1 is 1.24 bits per heavy atom. The topological polar surface area (TPSA) is 63.1 Å². The fourth-order valence-electron chi connectivity index (χ4n) is 1.33. The van der Waals surface area contributed by atoms with Crippen molar-refractivity contribution in [2.75, 3.05) is 0 Å². The Morgan fingerprint density at radius 3 is 2.47 bits per heavy atom. The molecule has 17 heavy (non-hydrogen) atoms. The third-order valence-corrected chi connectivity index (χ3v) is 2.35. The molecule has 4 nitrogen and oxygen atoms in total. The predicted octanol–water partition coefficient (Wildman–Crippen LogP) is 2.15. The summed E-state index contributed by atoms with van der Waals surface area (Å²) in [7, 11) is 0. The van der Waals surface area contributed by atoms with Crippen molar-refractivity contribution in [2.24, 2.45) is 0 Å². The first kappa shape index (κ1) is 11.7. The van der Waals surface area contributed by atoms with Gasteiger partial charge in [0, 0.05) is 0 Å². The lowest BCUT2D eigenvalue weighted by Gasteiger charge is -2.08. The second-order valence-corrected chi connectivity index (χ2v) is 3.59. The van der Waals surface area contributed by atoms with E-state index in [0.717, 1.165) is 0 Å². The average molecular weight is 266 g/mol. The van der Waals surface area contributed by atoms with Gasteiger partial charge in [-0.2, -0.15) is 13.2 Å². The molecular formula is C9H3ClF3NO3. The number of aromatic nitrogens is 1. The van der Waals surface area contributed by atoms with Crippen molar-refractivity contribution in [2.45, 2.75) is 6.18 Å². The maximum atomic E-state index is 12.4. The summed E-state index contributed by atoms with van der Waals surface area (Å²) in [5.41, 5.74) is -2.44. The van der Waals surface area contributed by atoms with E-state index in [9.17, 15) is 22.8 Å². The monoisotopic (exact) mass is 265 g/mol. The first-order valence-electron chi connectivity index (χ1n) is 4.23. The van der Waals surface area contributed by atoms with E-state index < -0.39 is 28.5 Å². The number of nitrogens with one attached hydrogen (secondary N) is 1. The summed E-state index contributed by atoms with van der Waals surface area (Å²) in [4.78, 5) is 24.1. The molecule has 2 aromatic rings. The van der Waals surface area contributed by atoms with Gasteiger partial charge in [0.05, 0.1) is 21.5 Å². The summed E-state index contributed by atoms with van der Waals surface area (Å²) in [5.74, 6) is -1.08. The number of alkyl halides is 3. The lowest BCUT2D eigenvalue weighted by molar-refractivity contribution is -0.137. The van der Waals surface area contributed by atoms with Gasteiger partial charge in [-0.25, -0.2) is 9.59 Å². The Labute approximate surface area is 95.6 Å². The van der Waals surface area contributed by atoms with Gasteiger partial charge in [0.2, 0.25) is 0 Å². The smallest absolute Gasteiger partial charge is 0.372 e. The molecule has 0 radical (unpaired) electrons. The van der Waals surface area contributed by atoms with E-state index in [1.807, 2.05) is 0 Å². The molecule has 0 fully saturated rings. The molecular weight excluding hydrogens is 263 g/mol.